The van der Waals surface area contributed by atoms with Gasteiger partial charge in [0, 0.05) is 48.4 Å². The highest BCUT2D eigenvalue weighted by molar-refractivity contribution is 7.85. The maximum absolute atomic E-state index is 12.1. The fraction of sp³-hybridized carbons (Fsp3) is 0.515. The van der Waals surface area contributed by atoms with Crippen LogP contribution in [0.25, 0.3) is 0 Å². The predicted molar refractivity (Wildman–Crippen MR) is 172 cm³/mol. The lowest BCUT2D eigenvalue weighted by molar-refractivity contribution is -0.684. The smallest absolute Gasteiger partial charge is 0.333 e. The molecule has 3 aliphatic heterocycles. The Kier molecular flexibility index (Phi) is 10.8. The molecule has 0 aliphatic carbocycles. The van der Waals surface area contributed by atoms with Gasteiger partial charge in [0.15, 0.2) is 5.71 Å². The van der Waals surface area contributed by atoms with E-state index in [0.717, 1.165) is 47.9 Å². The third kappa shape index (κ3) is 8.24. The van der Waals surface area contributed by atoms with Crippen molar-refractivity contribution in [2.45, 2.75) is 91.5 Å². The van der Waals surface area contributed by atoms with Crippen molar-refractivity contribution in [3.63, 3.8) is 0 Å². The minimum atomic E-state index is -4.27. The average molecular weight is 654 g/mol. The van der Waals surface area contributed by atoms with Crippen molar-refractivity contribution >= 4 is 45.1 Å². The molecular weight excluding hydrogens is 610 g/mol. The van der Waals surface area contributed by atoms with Crippen molar-refractivity contribution in [2.75, 3.05) is 12.3 Å². The summed E-state index contributed by atoms with van der Waals surface area (Å²) in [5, 5.41) is 6.95. The number of hydrogen-bond acceptors (Lipinski definition) is 10. The van der Waals surface area contributed by atoms with Gasteiger partial charge in [0.25, 0.3) is 11.8 Å². The van der Waals surface area contributed by atoms with Crippen molar-refractivity contribution in [3.05, 3.63) is 60.0 Å². The number of imide groups is 1. The molecule has 0 radical (unpaired) electrons. The molecule has 2 amide bonds. The number of hydrazone groups is 1. The van der Waals surface area contributed by atoms with Crippen LogP contribution in [-0.4, -0.2) is 64.5 Å². The van der Waals surface area contributed by atoms with Crippen LogP contribution in [0.5, 0.6) is 0 Å². The number of aryl methyl sites for hydroxylation is 1. The van der Waals surface area contributed by atoms with Gasteiger partial charge in [0.1, 0.15) is 0 Å². The minimum Gasteiger partial charge on any atom is -0.748 e. The van der Waals surface area contributed by atoms with Gasteiger partial charge in [0.05, 0.1) is 33.8 Å². The Balaban J connectivity index is 1.33. The van der Waals surface area contributed by atoms with Crippen molar-refractivity contribution < 1.29 is 36.8 Å². The SMILES string of the molecule is CC1=NN(CCCS(=O)(=O)[O-])/C(=C/C=C/C=C/C2=Nc3c(ccc[n+]3CCCCCC(=O)ON3C(=O)CCC3=O)C2(C)C)C1(C)C. The highest BCUT2D eigenvalue weighted by Gasteiger charge is 2.42. The van der Waals surface area contributed by atoms with Crippen molar-refractivity contribution in [3.8, 4) is 0 Å². The number of carbonyl (C=O) groups excluding carboxylic acids is 3. The molecule has 1 aromatic heterocycles. The zero-order valence-electron chi connectivity index (χ0n) is 27.2. The first-order valence-electron chi connectivity index (χ1n) is 15.6. The number of carbonyl (C=O) groups is 3. The molecule has 0 N–H and O–H groups in total. The molecule has 0 bridgehead atoms. The summed E-state index contributed by atoms with van der Waals surface area (Å²) in [6.45, 7) is 11.4. The fourth-order valence-corrected chi connectivity index (χ4v) is 6.07. The molecule has 4 heterocycles. The Bertz CT molecular complexity index is 1620. The van der Waals surface area contributed by atoms with Gasteiger partial charge in [-0.05, 0) is 89.6 Å². The van der Waals surface area contributed by atoms with E-state index >= 15 is 0 Å². The van der Waals surface area contributed by atoms with Gasteiger partial charge in [-0.15, -0.1) is 5.06 Å². The maximum Gasteiger partial charge on any atom is 0.333 e. The molecule has 0 aromatic carbocycles. The molecule has 3 aliphatic rings. The molecule has 0 spiro atoms. The summed E-state index contributed by atoms with van der Waals surface area (Å²) in [6, 6.07) is 4.10. The van der Waals surface area contributed by atoms with Gasteiger partial charge in [-0.1, -0.05) is 18.2 Å². The van der Waals surface area contributed by atoms with Gasteiger partial charge in [-0.3, -0.25) is 14.6 Å². The van der Waals surface area contributed by atoms with E-state index in [-0.39, 0.29) is 36.5 Å². The zero-order valence-corrected chi connectivity index (χ0v) is 28.0. The lowest BCUT2D eigenvalue weighted by Crippen LogP contribution is -2.35. The summed E-state index contributed by atoms with van der Waals surface area (Å²) in [5.41, 5.74) is 3.27. The number of hydrogen-bond donors (Lipinski definition) is 0. The monoisotopic (exact) mass is 653 g/mol. The molecule has 1 aromatic rings. The lowest BCUT2D eigenvalue weighted by Gasteiger charge is -2.25. The molecule has 46 heavy (non-hydrogen) atoms. The van der Waals surface area contributed by atoms with Crippen LogP contribution in [0.2, 0.25) is 0 Å². The Hall–Kier alpha value is -3.97. The van der Waals surface area contributed by atoms with Crippen LogP contribution in [0.4, 0.5) is 5.82 Å². The molecule has 0 unspecified atom stereocenters. The third-order valence-corrected chi connectivity index (χ3v) is 9.44. The van der Waals surface area contributed by atoms with E-state index < -0.39 is 33.7 Å². The fourth-order valence-electron chi connectivity index (χ4n) is 5.59. The Morgan fingerprint density at radius 3 is 2.46 bits per heavy atom. The number of amides is 2. The van der Waals surface area contributed by atoms with Crippen LogP contribution in [0.1, 0.15) is 85.1 Å². The largest absolute Gasteiger partial charge is 0.748 e. The Morgan fingerprint density at radius 2 is 1.76 bits per heavy atom. The Labute approximate surface area is 270 Å². The van der Waals surface area contributed by atoms with E-state index in [9.17, 15) is 27.4 Å². The number of hydroxylamine groups is 2. The number of aromatic nitrogens is 1. The zero-order chi connectivity index (χ0) is 33.7. The van der Waals surface area contributed by atoms with Gasteiger partial charge >= 0.3 is 11.8 Å². The first kappa shape index (κ1) is 34.9. The molecule has 4 rings (SSSR count). The molecule has 0 saturated carbocycles. The van der Waals surface area contributed by atoms with E-state index in [1.807, 2.05) is 49.6 Å². The first-order valence-corrected chi connectivity index (χ1v) is 17.2. The highest BCUT2D eigenvalue weighted by atomic mass is 32.2. The first-order chi connectivity index (χ1) is 21.6. The molecule has 0 atom stereocenters. The van der Waals surface area contributed by atoms with Crippen LogP contribution < -0.4 is 4.57 Å². The quantitative estimate of drug-likeness (QED) is 0.0954. The molecule has 248 valence electrons. The maximum atomic E-state index is 12.1. The molecule has 1 fully saturated rings. The number of unbranched alkanes of at least 4 members (excludes halogenated alkanes) is 2. The summed E-state index contributed by atoms with van der Waals surface area (Å²) < 4.78 is 35.2. The second kappa shape index (κ2) is 14.2. The Morgan fingerprint density at radius 1 is 1.04 bits per heavy atom. The van der Waals surface area contributed by atoms with Crippen LogP contribution in [0.15, 0.2) is 64.5 Å². The van der Waals surface area contributed by atoms with E-state index in [4.69, 9.17) is 9.83 Å². The van der Waals surface area contributed by atoms with Crippen LogP contribution in [0.3, 0.4) is 0 Å². The minimum absolute atomic E-state index is 0.0771. The topological polar surface area (TPSA) is 153 Å². The molecule has 1 saturated heterocycles. The third-order valence-electron chi connectivity index (χ3n) is 8.65. The van der Waals surface area contributed by atoms with Gasteiger partial charge in [-0.25, -0.2) is 17.8 Å². The van der Waals surface area contributed by atoms with E-state index in [1.165, 1.54) is 0 Å². The number of rotatable bonds is 14. The number of aliphatic imine (C=N–C) groups is 1. The van der Waals surface area contributed by atoms with Gasteiger partial charge in [0.2, 0.25) is 0 Å². The van der Waals surface area contributed by atoms with E-state index in [2.05, 4.69) is 43.4 Å². The van der Waals surface area contributed by atoms with E-state index in [1.54, 1.807) is 5.01 Å². The van der Waals surface area contributed by atoms with Gasteiger partial charge < -0.3 is 9.39 Å². The number of allylic oxidation sites excluding steroid dienone is 6. The van der Waals surface area contributed by atoms with Crippen LogP contribution >= 0.6 is 0 Å². The molecular formula is C33H43N5O7S. The summed E-state index contributed by atoms with van der Waals surface area (Å²) >= 11 is 0. The number of fused-ring (bicyclic) bond motifs is 1. The van der Waals surface area contributed by atoms with Crippen LogP contribution in [0, 0.1) is 5.41 Å². The average Bonchev–Trinajstić information content (AvgIpc) is 3.51. The predicted octanol–water partition coefficient (Wildman–Crippen LogP) is 4.15. The number of nitrogens with zero attached hydrogens (tertiary/aromatic N) is 5. The molecule has 13 heteroatoms. The van der Waals surface area contributed by atoms with Crippen molar-refractivity contribution in [2.24, 2.45) is 15.5 Å². The standard InChI is InChI=1S/C33H43N5O7S/c1-24-32(2,3)27(37(35-24)22-13-23-46(42,43)44)16-9-6-8-15-26-33(4,5)25-14-12-21-36(31(25)34-26)20-11-7-10-17-30(41)45-38-28(39)18-19-29(38)40/h6,8-9,12,14-16,21H,7,10-11,13,17-20,22-23H2,1-5H3. The second-order valence-corrected chi connectivity index (χ2v) is 14.3. The highest BCUT2D eigenvalue weighted by Crippen LogP contribution is 2.39. The second-order valence-electron chi connectivity index (χ2n) is 12.8. The van der Waals surface area contributed by atoms with Crippen molar-refractivity contribution in [1.29, 1.82) is 0 Å². The van der Waals surface area contributed by atoms with E-state index in [0.29, 0.717) is 18.0 Å². The summed E-state index contributed by atoms with van der Waals surface area (Å²) in [4.78, 5) is 45.2. The molecule has 12 nitrogen and oxygen atoms in total. The summed E-state index contributed by atoms with van der Waals surface area (Å²) in [5.74, 6) is -1.05. The lowest BCUT2D eigenvalue weighted by atomic mass is 9.82. The summed E-state index contributed by atoms with van der Waals surface area (Å²) in [7, 11) is -4.27. The number of pyridine rings is 1. The van der Waals surface area contributed by atoms with Crippen LogP contribution in [-0.2, 0) is 41.3 Å². The summed E-state index contributed by atoms with van der Waals surface area (Å²) in [6.07, 6.45) is 14.4. The van der Waals surface area contributed by atoms with Gasteiger partial charge in [-0.2, -0.15) is 5.10 Å². The van der Waals surface area contributed by atoms with Crippen molar-refractivity contribution in [1.82, 2.24) is 10.1 Å². The normalized spacial score (nSPS) is 19.9.